The molecular weight excluding hydrogens is 362 g/mol. The summed E-state index contributed by atoms with van der Waals surface area (Å²) in [5, 5.41) is 3.72. The molecule has 3 N–H and O–H groups in total. The fraction of sp³-hybridized carbons (Fsp3) is 0.125. The van der Waals surface area contributed by atoms with Gasteiger partial charge in [0.25, 0.3) is 0 Å². The number of amides is 2. The third-order valence-electron chi connectivity index (χ3n) is 2.90. The Morgan fingerprint density at radius 2 is 2.04 bits per heavy atom. The van der Waals surface area contributed by atoms with E-state index in [-0.39, 0.29) is 0 Å². The summed E-state index contributed by atoms with van der Waals surface area (Å²) in [6.07, 6.45) is 1.46. The highest BCUT2D eigenvalue weighted by molar-refractivity contribution is 9.10. The summed E-state index contributed by atoms with van der Waals surface area (Å²) >= 11 is 3.43. The zero-order valence-corrected chi connectivity index (χ0v) is 14.0. The van der Waals surface area contributed by atoms with Gasteiger partial charge in [0.2, 0.25) is 0 Å². The van der Waals surface area contributed by atoms with Crippen LogP contribution in [0.15, 0.2) is 52.0 Å². The van der Waals surface area contributed by atoms with Crippen LogP contribution in [-0.2, 0) is 6.61 Å². The molecular formula is C16H16BrN3O3. The number of primary amides is 1. The van der Waals surface area contributed by atoms with Gasteiger partial charge in [-0.1, -0.05) is 30.3 Å². The molecule has 0 fully saturated rings. The van der Waals surface area contributed by atoms with E-state index < -0.39 is 6.03 Å². The summed E-state index contributed by atoms with van der Waals surface area (Å²) in [7, 11) is 1.56. The summed E-state index contributed by atoms with van der Waals surface area (Å²) in [5.74, 6) is 1.16. The lowest BCUT2D eigenvalue weighted by Gasteiger charge is -2.12. The van der Waals surface area contributed by atoms with Gasteiger partial charge in [-0.25, -0.2) is 10.2 Å². The molecule has 7 heteroatoms. The SMILES string of the molecule is COc1cc(/C=N/NC(N)=O)c(Br)cc1OCc1ccccc1. The number of hydrogen-bond acceptors (Lipinski definition) is 4. The third kappa shape index (κ3) is 5.00. The van der Waals surface area contributed by atoms with Crippen LogP contribution < -0.4 is 20.6 Å². The first kappa shape index (κ1) is 16.8. The number of rotatable bonds is 6. The number of ether oxygens (including phenoxy) is 2. The van der Waals surface area contributed by atoms with Crippen LogP contribution in [0.3, 0.4) is 0 Å². The van der Waals surface area contributed by atoms with Crippen molar-refractivity contribution in [3.63, 3.8) is 0 Å². The molecule has 0 bridgehead atoms. The molecule has 2 aromatic carbocycles. The molecule has 0 atom stereocenters. The van der Waals surface area contributed by atoms with Crippen LogP contribution in [0, 0.1) is 0 Å². The Balaban J connectivity index is 2.15. The highest BCUT2D eigenvalue weighted by atomic mass is 79.9. The second-order valence-corrected chi connectivity index (χ2v) is 5.39. The lowest BCUT2D eigenvalue weighted by atomic mass is 10.2. The smallest absolute Gasteiger partial charge is 0.332 e. The average molecular weight is 378 g/mol. The summed E-state index contributed by atoms with van der Waals surface area (Å²) in [5.41, 5.74) is 8.85. The van der Waals surface area contributed by atoms with Gasteiger partial charge in [-0.05, 0) is 33.6 Å². The van der Waals surface area contributed by atoms with Gasteiger partial charge in [0.1, 0.15) is 6.61 Å². The van der Waals surface area contributed by atoms with Gasteiger partial charge in [-0.3, -0.25) is 0 Å². The number of nitrogens with zero attached hydrogens (tertiary/aromatic N) is 1. The topological polar surface area (TPSA) is 85.9 Å². The van der Waals surface area contributed by atoms with Crippen molar-refractivity contribution in [2.24, 2.45) is 10.8 Å². The van der Waals surface area contributed by atoms with Gasteiger partial charge in [0, 0.05) is 10.0 Å². The Kier molecular flexibility index (Phi) is 5.99. The molecule has 23 heavy (non-hydrogen) atoms. The lowest BCUT2D eigenvalue weighted by molar-refractivity contribution is 0.249. The van der Waals surface area contributed by atoms with E-state index in [2.05, 4.69) is 26.5 Å². The molecule has 0 spiro atoms. The van der Waals surface area contributed by atoms with Crippen LogP contribution in [0.4, 0.5) is 4.79 Å². The fourth-order valence-electron chi connectivity index (χ4n) is 1.82. The van der Waals surface area contributed by atoms with Crippen molar-refractivity contribution in [3.8, 4) is 11.5 Å². The van der Waals surface area contributed by atoms with Crippen LogP contribution in [-0.4, -0.2) is 19.4 Å². The molecule has 6 nitrogen and oxygen atoms in total. The number of halogens is 1. The number of benzene rings is 2. The molecule has 2 rings (SSSR count). The number of nitrogens with two attached hydrogens (primary N) is 1. The second kappa shape index (κ2) is 8.19. The van der Waals surface area contributed by atoms with E-state index in [9.17, 15) is 4.79 Å². The minimum atomic E-state index is -0.729. The van der Waals surface area contributed by atoms with Crippen molar-refractivity contribution in [2.45, 2.75) is 6.61 Å². The van der Waals surface area contributed by atoms with Crippen LogP contribution in [0.25, 0.3) is 0 Å². The normalized spacial score (nSPS) is 10.5. The zero-order chi connectivity index (χ0) is 16.7. The number of carbonyl (C=O) groups excluding carboxylic acids is 1. The van der Waals surface area contributed by atoms with Crippen molar-refractivity contribution in [2.75, 3.05) is 7.11 Å². The van der Waals surface area contributed by atoms with Gasteiger partial charge < -0.3 is 15.2 Å². The molecule has 2 amide bonds. The van der Waals surface area contributed by atoms with E-state index in [0.717, 1.165) is 10.0 Å². The van der Waals surface area contributed by atoms with Crippen LogP contribution >= 0.6 is 15.9 Å². The summed E-state index contributed by atoms with van der Waals surface area (Å²) in [4.78, 5) is 10.6. The van der Waals surface area contributed by atoms with Crippen molar-refractivity contribution in [3.05, 3.63) is 58.1 Å². The molecule has 0 saturated heterocycles. The van der Waals surface area contributed by atoms with Gasteiger partial charge in [-0.15, -0.1) is 0 Å². The van der Waals surface area contributed by atoms with Gasteiger partial charge in [-0.2, -0.15) is 5.10 Å². The van der Waals surface area contributed by atoms with E-state index >= 15 is 0 Å². The molecule has 0 unspecified atom stereocenters. The number of methoxy groups -OCH3 is 1. The number of hydrogen-bond donors (Lipinski definition) is 2. The number of hydrazone groups is 1. The predicted octanol–water partition coefficient (Wildman–Crippen LogP) is 3.04. The largest absolute Gasteiger partial charge is 0.493 e. The maximum absolute atomic E-state index is 10.6. The second-order valence-electron chi connectivity index (χ2n) is 4.53. The number of carbonyl (C=O) groups is 1. The highest BCUT2D eigenvalue weighted by Crippen LogP contribution is 2.33. The van der Waals surface area contributed by atoms with Crippen LogP contribution in [0.2, 0.25) is 0 Å². The van der Waals surface area contributed by atoms with Gasteiger partial charge in [0.05, 0.1) is 13.3 Å². The zero-order valence-electron chi connectivity index (χ0n) is 12.5. The Bertz CT molecular complexity index is 705. The number of urea groups is 1. The predicted molar refractivity (Wildman–Crippen MR) is 91.8 cm³/mol. The molecule has 0 aliphatic carbocycles. The first-order valence-corrected chi connectivity index (χ1v) is 7.52. The van der Waals surface area contributed by atoms with Gasteiger partial charge >= 0.3 is 6.03 Å². The quantitative estimate of drug-likeness (QED) is 0.599. The number of nitrogens with one attached hydrogen (secondary N) is 1. The summed E-state index contributed by atoms with van der Waals surface area (Å²) < 4.78 is 11.9. The maximum Gasteiger partial charge on any atom is 0.332 e. The molecule has 0 heterocycles. The molecule has 2 aromatic rings. The average Bonchev–Trinajstić information content (AvgIpc) is 2.55. The van der Waals surface area contributed by atoms with Gasteiger partial charge in [0.15, 0.2) is 11.5 Å². The standard InChI is InChI=1S/C16H16BrN3O3/c1-22-14-7-12(9-19-20-16(18)21)13(17)8-15(14)23-10-11-5-3-2-4-6-11/h2-9H,10H2,1H3,(H3,18,20,21)/b19-9+. The molecule has 0 aromatic heterocycles. The Morgan fingerprint density at radius 1 is 1.30 bits per heavy atom. The lowest BCUT2D eigenvalue weighted by Crippen LogP contribution is -2.24. The molecule has 0 radical (unpaired) electrons. The Hall–Kier alpha value is -2.54. The van der Waals surface area contributed by atoms with Crippen molar-refractivity contribution < 1.29 is 14.3 Å². The Morgan fingerprint density at radius 3 is 2.70 bits per heavy atom. The van der Waals surface area contributed by atoms with E-state index in [4.69, 9.17) is 15.2 Å². The van der Waals surface area contributed by atoms with E-state index in [1.165, 1.54) is 6.21 Å². The van der Waals surface area contributed by atoms with E-state index in [1.807, 2.05) is 30.3 Å². The fourth-order valence-corrected chi connectivity index (χ4v) is 2.25. The van der Waals surface area contributed by atoms with Crippen molar-refractivity contribution in [1.29, 1.82) is 0 Å². The van der Waals surface area contributed by atoms with Crippen LogP contribution in [0.5, 0.6) is 11.5 Å². The summed E-state index contributed by atoms with van der Waals surface area (Å²) in [6.45, 7) is 0.431. The maximum atomic E-state index is 10.6. The van der Waals surface area contributed by atoms with Crippen molar-refractivity contribution in [1.82, 2.24) is 5.43 Å². The molecule has 120 valence electrons. The minimum absolute atomic E-state index is 0.431. The first-order valence-electron chi connectivity index (χ1n) is 6.73. The minimum Gasteiger partial charge on any atom is -0.493 e. The third-order valence-corrected chi connectivity index (χ3v) is 3.59. The van der Waals surface area contributed by atoms with E-state index in [0.29, 0.717) is 23.7 Å². The van der Waals surface area contributed by atoms with Crippen molar-refractivity contribution >= 4 is 28.2 Å². The highest BCUT2D eigenvalue weighted by Gasteiger charge is 2.09. The van der Waals surface area contributed by atoms with E-state index in [1.54, 1.807) is 19.2 Å². The molecule has 0 saturated carbocycles. The van der Waals surface area contributed by atoms with Crippen LogP contribution in [0.1, 0.15) is 11.1 Å². The first-order chi connectivity index (χ1) is 11.1. The molecule has 0 aliphatic heterocycles. The Labute approximate surface area is 142 Å². The molecule has 0 aliphatic rings. The summed E-state index contributed by atoms with van der Waals surface area (Å²) in [6, 6.07) is 12.6. The monoisotopic (exact) mass is 377 g/mol.